The first-order valence-corrected chi connectivity index (χ1v) is 5.56. The Morgan fingerprint density at radius 1 is 1.31 bits per heavy atom. The van der Waals surface area contributed by atoms with Crippen LogP contribution in [0.3, 0.4) is 0 Å². The zero-order valence-corrected chi connectivity index (χ0v) is 10.6. The Morgan fingerprint density at radius 2 is 1.94 bits per heavy atom. The van der Waals surface area contributed by atoms with Gasteiger partial charge in [0.05, 0.1) is 17.3 Å². The Labute approximate surface area is 101 Å². The van der Waals surface area contributed by atoms with Crippen molar-refractivity contribution in [2.24, 2.45) is 0 Å². The molecule has 88 valence electrons. The third kappa shape index (κ3) is 4.53. The molecule has 1 aromatic rings. The molecule has 0 unspecified atom stereocenters. The topological polar surface area (TPSA) is 41.1 Å². The quantitative estimate of drug-likeness (QED) is 0.853. The molecule has 0 heterocycles. The van der Waals surface area contributed by atoms with E-state index in [2.05, 4.69) is 10.6 Å². The van der Waals surface area contributed by atoms with Crippen LogP contribution in [0.1, 0.15) is 20.8 Å². The molecule has 16 heavy (non-hydrogen) atoms. The summed E-state index contributed by atoms with van der Waals surface area (Å²) in [5, 5.41) is 6.47. The minimum Gasteiger partial charge on any atom is -0.375 e. The molecule has 0 saturated heterocycles. The molecule has 0 aliphatic carbocycles. The van der Waals surface area contributed by atoms with Gasteiger partial charge in [-0.05, 0) is 32.9 Å². The Morgan fingerprint density at radius 3 is 2.50 bits per heavy atom. The van der Waals surface area contributed by atoms with Crippen LogP contribution in [-0.4, -0.2) is 18.0 Å². The maximum atomic E-state index is 11.5. The van der Waals surface area contributed by atoms with E-state index < -0.39 is 0 Å². The number of carbonyl (C=O) groups is 1. The van der Waals surface area contributed by atoms with E-state index >= 15 is 0 Å². The molecular weight excluding hydrogens is 224 g/mol. The standard InChI is InChI=1S/C12H17ClN2O/c1-12(2,3)15-11(16)8-14-10-7-5-4-6-9(10)13/h4-7,14H,8H2,1-3H3,(H,15,16). The van der Waals surface area contributed by atoms with E-state index in [0.29, 0.717) is 5.02 Å². The number of amides is 1. The van der Waals surface area contributed by atoms with Crippen LogP contribution in [-0.2, 0) is 4.79 Å². The van der Waals surface area contributed by atoms with Crippen LogP contribution in [0, 0.1) is 0 Å². The van der Waals surface area contributed by atoms with Crippen molar-refractivity contribution < 1.29 is 4.79 Å². The number of halogens is 1. The van der Waals surface area contributed by atoms with E-state index in [1.807, 2.05) is 39.0 Å². The maximum Gasteiger partial charge on any atom is 0.239 e. The average Bonchev–Trinajstić information content (AvgIpc) is 2.14. The van der Waals surface area contributed by atoms with Gasteiger partial charge >= 0.3 is 0 Å². The first kappa shape index (κ1) is 12.8. The Kier molecular flexibility index (Phi) is 4.19. The van der Waals surface area contributed by atoms with Gasteiger partial charge in [-0.1, -0.05) is 23.7 Å². The maximum absolute atomic E-state index is 11.5. The van der Waals surface area contributed by atoms with Crippen molar-refractivity contribution in [1.29, 1.82) is 0 Å². The SMILES string of the molecule is CC(C)(C)NC(=O)CNc1ccccc1Cl. The third-order valence-corrected chi connectivity index (χ3v) is 2.16. The molecule has 0 aliphatic heterocycles. The molecule has 0 fully saturated rings. The van der Waals surface area contributed by atoms with Crippen LogP contribution in [0.5, 0.6) is 0 Å². The van der Waals surface area contributed by atoms with Gasteiger partial charge in [0.2, 0.25) is 5.91 Å². The van der Waals surface area contributed by atoms with Gasteiger partial charge in [0.25, 0.3) is 0 Å². The van der Waals surface area contributed by atoms with Gasteiger partial charge in [-0.2, -0.15) is 0 Å². The first-order chi connectivity index (χ1) is 7.38. The van der Waals surface area contributed by atoms with Crippen LogP contribution in [0.25, 0.3) is 0 Å². The smallest absolute Gasteiger partial charge is 0.239 e. The van der Waals surface area contributed by atoms with Gasteiger partial charge in [-0.3, -0.25) is 4.79 Å². The number of rotatable bonds is 3. The molecule has 2 N–H and O–H groups in total. The average molecular weight is 241 g/mol. The van der Waals surface area contributed by atoms with Crippen molar-refractivity contribution in [2.75, 3.05) is 11.9 Å². The highest BCUT2D eigenvalue weighted by atomic mass is 35.5. The van der Waals surface area contributed by atoms with Crippen molar-refractivity contribution in [1.82, 2.24) is 5.32 Å². The van der Waals surface area contributed by atoms with Crippen LogP contribution in [0.4, 0.5) is 5.69 Å². The summed E-state index contributed by atoms with van der Waals surface area (Å²) >= 11 is 5.95. The zero-order valence-electron chi connectivity index (χ0n) is 9.80. The lowest BCUT2D eigenvalue weighted by atomic mass is 10.1. The molecule has 1 amide bonds. The summed E-state index contributed by atoms with van der Waals surface area (Å²) in [5.74, 6) is -0.0487. The summed E-state index contributed by atoms with van der Waals surface area (Å²) in [6, 6.07) is 7.34. The lowest BCUT2D eigenvalue weighted by molar-refractivity contribution is -0.120. The lowest BCUT2D eigenvalue weighted by Gasteiger charge is -2.20. The summed E-state index contributed by atoms with van der Waals surface area (Å²) in [7, 11) is 0. The molecule has 0 aliphatic rings. The molecule has 1 rings (SSSR count). The number of hydrogen-bond donors (Lipinski definition) is 2. The van der Waals surface area contributed by atoms with Crippen LogP contribution < -0.4 is 10.6 Å². The summed E-state index contributed by atoms with van der Waals surface area (Å²) in [4.78, 5) is 11.5. The fourth-order valence-corrected chi connectivity index (χ4v) is 1.45. The second-order valence-electron chi connectivity index (χ2n) is 4.63. The fourth-order valence-electron chi connectivity index (χ4n) is 1.24. The predicted octanol–water partition coefficient (Wildman–Crippen LogP) is 2.67. The number of anilines is 1. The Bertz CT molecular complexity index is 372. The summed E-state index contributed by atoms with van der Waals surface area (Å²) in [6.45, 7) is 6.06. The molecule has 1 aromatic carbocycles. The van der Waals surface area contributed by atoms with Gasteiger partial charge < -0.3 is 10.6 Å². The molecule has 0 atom stereocenters. The largest absolute Gasteiger partial charge is 0.375 e. The monoisotopic (exact) mass is 240 g/mol. The summed E-state index contributed by atoms with van der Waals surface area (Å²) < 4.78 is 0. The second kappa shape index (κ2) is 5.21. The number of hydrogen-bond acceptors (Lipinski definition) is 2. The van der Waals surface area contributed by atoms with Crippen molar-refractivity contribution in [3.63, 3.8) is 0 Å². The molecule has 0 radical (unpaired) electrons. The second-order valence-corrected chi connectivity index (χ2v) is 5.04. The van der Waals surface area contributed by atoms with Crippen molar-refractivity contribution in [2.45, 2.75) is 26.3 Å². The Hall–Kier alpha value is -1.22. The number of para-hydroxylation sites is 1. The van der Waals surface area contributed by atoms with Gasteiger partial charge in [-0.15, -0.1) is 0 Å². The highest BCUT2D eigenvalue weighted by Gasteiger charge is 2.13. The lowest BCUT2D eigenvalue weighted by Crippen LogP contribution is -2.43. The van der Waals surface area contributed by atoms with Gasteiger partial charge in [0.15, 0.2) is 0 Å². The predicted molar refractivity (Wildman–Crippen MR) is 67.8 cm³/mol. The van der Waals surface area contributed by atoms with E-state index in [-0.39, 0.29) is 18.0 Å². The van der Waals surface area contributed by atoms with E-state index in [0.717, 1.165) is 5.69 Å². The van der Waals surface area contributed by atoms with Crippen molar-refractivity contribution >= 4 is 23.2 Å². The number of nitrogens with one attached hydrogen (secondary N) is 2. The number of carbonyl (C=O) groups excluding carboxylic acids is 1. The van der Waals surface area contributed by atoms with Crippen LogP contribution >= 0.6 is 11.6 Å². The minimum atomic E-state index is -0.209. The van der Waals surface area contributed by atoms with Crippen molar-refractivity contribution in [3.05, 3.63) is 29.3 Å². The summed E-state index contributed by atoms with van der Waals surface area (Å²) in [5.41, 5.74) is 0.562. The molecule has 4 heteroatoms. The van der Waals surface area contributed by atoms with Crippen LogP contribution in [0.15, 0.2) is 24.3 Å². The van der Waals surface area contributed by atoms with Crippen LogP contribution in [0.2, 0.25) is 5.02 Å². The molecular formula is C12H17ClN2O. The van der Waals surface area contributed by atoms with E-state index in [4.69, 9.17) is 11.6 Å². The molecule has 0 spiro atoms. The number of benzene rings is 1. The molecule has 0 aromatic heterocycles. The van der Waals surface area contributed by atoms with Crippen molar-refractivity contribution in [3.8, 4) is 0 Å². The highest BCUT2D eigenvalue weighted by molar-refractivity contribution is 6.33. The van der Waals surface area contributed by atoms with E-state index in [1.54, 1.807) is 6.07 Å². The van der Waals surface area contributed by atoms with Gasteiger partial charge in [-0.25, -0.2) is 0 Å². The van der Waals surface area contributed by atoms with Gasteiger partial charge in [0.1, 0.15) is 0 Å². The molecule has 0 bridgehead atoms. The summed E-state index contributed by atoms with van der Waals surface area (Å²) in [6.07, 6.45) is 0. The first-order valence-electron chi connectivity index (χ1n) is 5.18. The minimum absolute atomic E-state index is 0.0487. The normalized spacial score (nSPS) is 11.0. The third-order valence-electron chi connectivity index (χ3n) is 1.83. The molecule has 0 saturated carbocycles. The van der Waals surface area contributed by atoms with Gasteiger partial charge in [0, 0.05) is 5.54 Å². The zero-order chi connectivity index (χ0) is 12.2. The Balaban J connectivity index is 2.47. The van der Waals surface area contributed by atoms with E-state index in [9.17, 15) is 4.79 Å². The van der Waals surface area contributed by atoms with E-state index in [1.165, 1.54) is 0 Å². The highest BCUT2D eigenvalue weighted by Crippen LogP contribution is 2.19. The fraction of sp³-hybridized carbons (Fsp3) is 0.417. The molecule has 3 nitrogen and oxygen atoms in total.